The largest absolute Gasteiger partial charge is 0.315 e. The fourth-order valence-corrected chi connectivity index (χ4v) is 4.73. The Hall–Kier alpha value is -0.670. The van der Waals surface area contributed by atoms with Gasteiger partial charge in [0.1, 0.15) is 0 Å². The van der Waals surface area contributed by atoms with E-state index in [0.717, 1.165) is 17.7 Å². The molecule has 0 radical (unpaired) electrons. The summed E-state index contributed by atoms with van der Waals surface area (Å²) in [5.41, 5.74) is 0.240. The van der Waals surface area contributed by atoms with Crippen LogP contribution >= 0.6 is 0 Å². The van der Waals surface area contributed by atoms with Crippen LogP contribution in [-0.4, -0.2) is 22.5 Å². The third-order valence-electron chi connectivity index (χ3n) is 3.85. The Morgan fingerprint density at radius 2 is 1.94 bits per heavy atom. The predicted octanol–water partition coefficient (Wildman–Crippen LogP) is 2.57. The van der Waals surface area contributed by atoms with Gasteiger partial charge in [-0.25, -0.2) is 0 Å². The van der Waals surface area contributed by atoms with Crippen molar-refractivity contribution >= 4 is 10.8 Å². The summed E-state index contributed by atoms with van der Waals surface area (Å²) in [5.74, 6) is 0. The molecule has 0 aromatic heterocycles. The smallest absolute Gasteiger partial charge is 0.0576 e. The van der Waals surface area contributed by atoms with Crippen LogP contribution in [0, 0.1) is 5.41 Å². The molecule has 1 N–H and O–H groups in total. The van der Waals surface area contributed by atoms with Crippen LogP contribution in [0.2, 0.25) is 0 Å². The monoisotopic (exact) mass is 251 g/mol. The molecule has 3 unspecified atom stereocenters. The average Bonchev–Trinajstić information content (AvgIpc) is 2.64. The highest BCUT2D eigenvalue weighted by Gasteiger charge is 2.43. The summed E-state index contributed by atoms with van der Waals surface area (Å²) in [5, 5.41) is 3.60. The molecule has 0 heterocycles. The minimum absolute atomic E-state index is 0.234. The van der Waals surface area contributed by atoms with Gasteiger partial charge in [0.25, 0.3) is 0 Å². The maximum Gasteiger partial charge on any atom is 0.0576 e. The van der Waals surface area contributed by atoms with Crippen molar-refractivity contribution in [3.05, 3.63) is 30.3 Å². The topological polar surface area (TPSA) is 29.1 Å². The van der Waals surface area contributed by atoms with E-state index in [2.05, 4.69) is 19.2 Å². The van der Waals surface area contributed by atoms with Gasteiger partial charge in [0.05, 0.1) is 16.0 Å². The summed E-state index contributed by atoms with van der Waals surface area (Å²) in [4.78, 5) is 0.954. The van der Waals surface area contributed by atoms with Gasteiger partial charge in [0, 0.05) is 10.9 Å². The van der Waals surface area contributed by atoms with Gasteiger partial charge in [-0.2, -0.15) is 0 Å². The summed E-state index contributed by atoms with van der Waals surface area (Å²) in [6.45, 7) is 4.52. The average molecular weight is 251 g/mol. The Bertz CT molecular complexity index is 402. The maximum atomic E-state index is 12.6. The van der Waals surface area contributed by atoms with Gasteiger partial charge in [-0.1, -0.05) is 32.0 Å². The van der Waals surface area contributed by atoms with E-state index in [1.807, 2.05) is 37.4 Å². The van der Waals surface area contributed by atoms with Crippen molar-refractivity contribution in [1.29, 1.82) is 0 Å². The molecule has 1 fully saturated rings. The van der Waals surface area contributed by atoms with Crippen molar-refractivity contribution in [3.63, 3.8) is 0 Å². The van der Waals surface area contributed by atoms with Crippen molar-refractivity contribution in [2.24, 2.45) is 5.41 Å². The number of rotatable bonds is 3. The van der Waals surface area contributed by atoms with Gasteiger partial charge >= 0.3 is 0 Å². The minimum atomic E-state index is -0.898. The zero-order chi connectivity index (χ0) is 12.5. The van der Waals surface area contributed by atoms with Crippen LogP contribution in [-0.2, 0) is 10.8 Å². The van der Waals surface area contributed by atoms with Gasteiger partial charge in [0.15, 0.2) is 0 Å². The molecule has 0 spiro atoms. The second-order valence-electron chi connectivity index (χ2n) is 5.44. The summed E-state index contributed by atoms with van der Waals surface area (Å²) < 4.78 is 12.6. The summed E-state index contributed by atoms with van der Waals surface area (Å²) in [7, 11) is 1.08. The van der Waals surface area contributed by atoms with Crippen LogP contribution in [0.4, 0.5) is 0 Å². The first-order chi connectivity index (χ1) is 8.06. The molecule has 94 valence electrons. The second-order valence-corrected chi connectivity index (χ2v) is 7.11. The molecule has 2 rings (SSSR count). The first kappa shape index (κ1) is 12.8. The van der Waals surface area contributed by atoms with E-state index in [1.54, 1.807) is 0 Å². The molecule has 0 amide bonds. The molecule has 0 saturated heterocycles. The quantitative estimate of drug-likeness (QED) is 0.894. The Balaban J connectivity index is 2.22. The van der Waals surface area contributed by atoms with Crippen molar-refractivity contribution < 1.29 is 4.21 Å². The van der Waals surface area contributed by atoms with Crippen molar-refractivity contribution in [3.8, 4) is 0 Å². The van der Waals surface area contributed by atoms with Gasteiger partial charge in [-0.15, -0.1) is 0 Å². The van der Waals surface area contributed by atoms with Crippen LogP contribution in [0.25, 0.3) is 0 Å². The first-order valence-electron chi connectivity index (χ1n) is 6.19. The summed E-state index contributed by atoms with van der Waals surface area (Å²) in [6.07, 6.45) is 2.18. The van der Waals surface area contributed by atoms with Gasteiger partial charge < -0.3 is 5.32 Å². The summed E-state index contributed by atoms with van der Waals surface area (Å²) >= 11 is 0. The van der Waals surface area contributed by atoms with Crippen LogP contribution in [0.3, 0.4) is 0 Å². The van der Waals surface area contributed by atoms with Crippen LogP contribution in [0.1, 0.15) is 26.7 Å². The van der Waals surface area contributed by atoms with Gasteiger partial charge in [-0.05, 0) is 37.4 Å². The third-order valence-corrected chi connectivity index (χ3v) is 5.64. The van der Waals surface area contributed by atoms with Crippen LogP contribution < -0.4 is 5.32 Å². The standard InChI is InChI=1S/C14H21NOS/c1-14(2)10-9-12(13(14)15-3)17(16)11-7-5-4-6-8-11/h4-8,12-13,15H,9-10H2,1-3H3. The lowest BCUT2D eigenvalue weighted by atomic mass is 9.87. The molecule has 17 heavy (non-hydrogen) atoms. The van der Waals surface area contributed by atoms with E-state index in [1.165, 1.54) is 0 Å². The molecule has 0 bridgehead atoms. The Labute approximate surface area is 106 Å². The molecule has 1 aliphatic carbocycles. The molecular weight excluding hydrogens is 230 g/mol. The highest BCUT2D eigenvalue weighted by atomic mass is 32.2. The van der Waals surface area contributed by atoms with Crippen LogP contribution in [0.5, 0.6) is 0 Å². The Kier molecular flexibility index (Phi) is 3.69. The SMILES string of the molecule is CNC1C(S(=O)c2ccccc2)CCC1(C)C. The Morgan fingerprint density at radius 3 is 2.53 bits per heavy atom. The van der Waals surface area contributed by atoms with E-state index in [-0.39, 0.29) is 10.7 Å². The molecule has 2 nitrogen and oxygen atoms in total. The zero-order valence-corrected chi connectivity index (χ0v) is 11.6. The zero-order valence-electron chi connectivity index (χ0n) is 10.8. The number of hydrogen-bond donors (Lipinski definition) is 1. The lowest BCUT2D eigenvalue weighted by Gasteiger charge is -2.29. The first-order valence-corrected chi connectivity index (χ1v) is 7.40. The van der Waals surface area contributed by atoms with E-state index in [0.29, 0.717) is 6.04 Å². The normalized spacial score (nSPS) is 29.1. The van der Waals surface area contributed by atoms with E-state index in [4.69, 9.17) is 0 Å². The van der Waals surface area contributed by atoms with E-state index < -0.39 is 10.8 Å². The van der Waals surface area contributed by atoms with Crippen molar-refractivity contribution in [1.82, 2.24) is 5.32 Å². The van der Waals surface area contributed by atoms with E-state index >= 15 is 0 Å². The lowest BCUT2D eigenvalue weighted by molar-refractivity contribution is 0.299. The molecule has 3 atom stereocenters. The van der Waals surface area contributed by atoms with E-state index in [9.17, 15) is 4.21 Å². The molecule has 1 aliphatic rings. The Morgan fingerprint density at radius 1 is 1.29 bits per heavy atom. The van der Waals surface area contributed by atoms with Crippen molar-refractivity contribution in [2.75, 3.05) is 7.05 Å². The number of benzene rings is 1. The molecule has 1 aromatic rings. The molecule has 3 heteroatoms. The maximum absolute atomic E-state index is 12.6. The minimum Gasteiger partial charge on any atom is -0.315 e. The second kappa shape index (κ2) is 4.91. The van der Waals surface area contributed by atoms with Gasteiger partial charge in [-0.3, -0.25) is 4.21 Å². The molecule has 0 aliphatic heterocycles. The lowest BCUT2D eigenvalue weighted by Crippen LogP contribution is -2.44. The summed E-state index contributed by atoms with van der Waals surface area (Å²) in [6, 6.07) is 10.2. The fraction of sp³-hybridized carbons (Fsp3) is 0.571. The molecule has 1 saturated carbocycles. The number of hydrogen-bond acceptors (Lipinski definition) is 2. The fourth-order valence-electron chi connectivity index (χ4n) is 2.88. The molecule has 1 aromatic carbocycles. The van der Waals surface area contributed by atoms with Crippen LogP contribution in [0.15, 0.2) is 35.2 Å². The van der Waals surface area contributed by atoms with Crippen molar-refractivity contribution in [2.45, 2.75) is 42.9 Å². The highest BCUT2D eigenvalue weighted by Crippen LogP contribution is 2.40. The van der Waals surface area contributed by atoms with Gasteiger partial charge in [0.2, 0.25) is 0 Å². The molecular formula is C14H21NOS. The number of nitrogens with one attached hydrogen (secondary N) is 1. The third kappa shape index (κ3) is 2.45. The highest BCUT2D eigenvalue weighted by molar-refractivity contribution is 7.85. The predicted molar refractivity (Wildman–Crippen MR) is 72.5 cm³/mol.